The monoisotopic (exact) mass is 208 g/mol. The van der Waals surface area contributed by atoms with Crippen LogP contribution in [-0.4, -0.2) is 12.5 Å². The van der Waals surface area contributed by atoms with Gasteiger partial charge in [-0.1, -0.05) is 26.2 Å². The van der Waals surface area contributed by atoms with Gasteiger partial charge in [0.05, 0.1) is 12.0 Å². The fourth-order valence-corrected chi connectivity index (χ4v) is 2.06. The van der Waals surface area contributed by atoms with Gasteiger partial charge in [0.1, 0.15) is 0 Å². The molecule has 0 radical (unpaired) electrons. The van der Waals surface area contributed by atoms with Crippen LogP contribution >= 0.6 is 0 Å². The van der Waals surface area contributed by atoms with Gasteiger partial charge in [-0.25, -0.2) is 0 Å². The van der Waals surface area contributed by atoms with E-state index in [0.717, 1.165) is 25.7 Å². The molecule has 0 aliphatic heterocycles. The van der Waals surface area contributed by atoms with Crippen LogP contribution in [0.1, 0.15) is 46.0 Å². The van der Waals surface area contributed by atoms with E-state index in [9.17, 15) is 4.79 Å². The van der Waals surface area contributed by atoms with Crippen molar-refractivity contribution < 1.29 is 4.79 Å². The SMILES string of the molecule is CC(C#N)CNC(=O)C1(C)CCCCC1. The Balaban J connectivity index is 2.42. The second-order valence-electron chi connectivity index (χ2n) is 4.86. The standard InChI is InChI=1S/C12H20N2O/c1-10(8-13)9-14-11(15)12(2)6-4-3-5-7-12/h10H,3-7,9H2,1-2H3,(H,14,15). The zero-order valence-corrected chi connectivity index (χ0v) is 9.68. The van der Waals surface area contributed by atoms with Crippen LogP contribution < -0.4 is 5.32 Å². The lowest BCUT2D eigenvalue weighted by Crippen LogP contribution is -2.41. The van der Waals surface area contributed by atoms with Crippen LogP contribution in [0.2, 0.25) is 0 Å². The van der Waals surface area contributed by atoms with Crippen molar-refractivity contribution in [3.8, 4) is 6.07 Å². The number of nitrogens with one attached hydrogen (secondary N) is 1. The molecule has 84 valence electrons. The molecule has 0 aromatic rings. The molecule has 15 heavy (non-hydrogen) atoms. The van der Waals surface area contributed by atoms with Gasteiger partial charge in [0, 0.05) is 12.0 Å². The summed E-state index contributed by atoms with van der Waals surface area (Å²) in [6.07, 6.45) is 5.52. The predicted molar refractivity (Wildman–Crippen MR) is 59.0 cm³/mol. The van der Waals surface area contributed by atoms with Crippen LogP contribution in [0, 0.1) is 22.7 Å². The quantitative estimate of drug-likeness (QED) is 0.773. The molecule has 1 amide bonds. The van der Waals surface area contributed by atoms with E-state index in [2.05, 4.69) is 11.4 Å². The third kappa shape index (κ3) is 3.23. The summed E-state index contributed by atoms with van der Waals surface area (Å²) in [5.74, 6) is 0.0328. The van der Waals surface area contributed by atoms with Crippen LogP contribution in [0.4, 0.5) is 0 Å². The summed E-state index contributed by atoms with van der Waals surface area (Å²) >= 11 is 0. The van der Waals surface area contributed by atoms with E-state index in [0.29, 0.717) is 6.54 Å². The van der Waals surface area contributed by atoms with Gasteiger partial charge < -0.3 is 5.32 Å². The maximum Gasteiger partial charge on any atom is 0.225 e. The average molecular weight is 208 g/mol. The molecule has 3 heteroatoms. The number of carbonyl (C=O) groups excluding carboxylic acids is 1. The summed E-state index contributed by atoms with van der Waals surface area (Å²) < 4.78 is 0. The van der Waals surface area contributed by atoms with Gasteiger partial charge in [-0.15, -0.1) is 0 Å². The fraction of sp³-hybridized carbons (Fsp3) is 0.833. The summed E-state index contributed by atoms with van der Waals surface area (Å²) in [6.45, 7) is 4.34. The van der Waals surface area contributed by atoms with Crippen molar-refractivity contribution in [1.82, 2.24) is 5.32 Å². The molecule has 1 fully saturated rings. The highest BCUT2D eigenvalue weighted by atomic mass is 16.2. The molecular weight excluding hydrogens is 188 g/mol. The van der Waals surface area contributed by atoms with E-state index in [1.165, 1.54) is 6.42 Å². The van der Waals surface area contributed by atoms with Crippen molar-refractivity contribution in [2.45, 2.75) is 46.0 Å². The Morgan fingerprint density at radius 1 is 1.47 bits per heavy atom. The number of nitrogens with zero attached hydrogens (tertiary/aromatic N) is 1. The topological polar surface area (TPSA) is 52.9 Å². The number of nitriles is 1. The van der Waals surface area contributed by atoms with Crippen LogP contribution in [0.15, 0.2) is 0 Å². The summed E-state index contributed by atoms with van der Waals surface area (Å²) in [4.78, 5) is 11.9. The van der Waals surface area contributed by atoms with E-state index in [1.807, 2.05) is 13.8 Å². The molecule has 1 N–H and O–H groups in total. The number of hydrogen-bond donors (Lipinski definition) is 1. The zero-order chi connectivity index (χ0) is 11.3. The number of rotatable bonds is 3. The molecule has 0 aromatic carbocycles. The van der Waals surface area contributed by atoms with E-state index in [1.54, 1.807) is 0 Å². The van der Waals surface area contributed by atoms with Gasteiger partial charge in [-0.3, -0.25) is 4.79 Å². The summed E-state index contributed by atoms with van der Waals surface area (Å²) in [5.41, 5.74) is -0.187. The second-order valence-corrected chi connectivity index (χ2v) is 4.86. The first-order valence-corrected chi connectivity index (χ1v) is 5.76. The van der Waals surface area contributed by atoms with Crippen molar-refractivity contribution in [3.05, 3.63) is 0 Å². The van der Waals surface area contributed by atoms with Crippen molar-refractivity contribution in [1.29, 1.82) is 5.26 Å². The van der Waals surface area contributed by atoms with Gasteiger partial charge in [0.25, 0.3) is 0 Å². The Kier molecular flexibility index (Phi) is 4.14. The third-order valence-electron chi connectivity index (χ3n) is 3.29. The van der Waals surface area contributed by atoms with E-state index < -0.39 is 0 Å². The Labute approximate surface area is 91.9 Å². The number of hydrogen-bond acceptors (Lipinski definition) is 2. The van der Waals surface area contributed by atoms with Crippen LogP contribution in [0.5, 0.6) is 0 Å². The Morgan fingerprint density at radius 3 is 2.60 bits per heavy atom. The molecule has 0 spiro atoms. The Hall–Kier alpha value is -1.04. The summed E-state index contributed by atoms with van der Waals surface area (Å²) in [7, 11) is 0. The van der Waals surface area contributed by atoms with E-state index in [4.69, 9.17) is 5.26 Å². The molecule has 1 unspecified atom stereocenters. The minimum atomic E-state index is -0.187. The second kappa shape index (κ2) is 5.16. The molecule has 1 saturated carbocycles. The van der Waals surface area contributed by atoms with Crippen LogP contribution in [-0.2, 0) is 4.79 Å². The molecule has 1 atom stereocenters. The molecule has 0 saturated heterocycles. The molecule has 0 bridgehead atoms. The first-order valence-electron chi connectivity index (χ1n) is 5.76. The largest absolute Gasteiger partial charge is 0.354 e. The fourth-order valence-electron chi connectivity index (χ4n) is 2.06. The number of carbonyl (C=O) groups is 1. The zero-order valence-electron chi connectivity index (χ0n) is 9.68. The first kappa shape index (κ1) is 12.0. The highest BCUT2D eigenvalue weighted by Crippen LogP contribution is 2.35. The molecule has 0 aromatic heterocycles. The first-order chi connectivity index (χ1) is 7.08. The summed E-state index contributed by atoms with van der Waals surface area (Å²) in [6, 6.07) is 2.12. The van der Waals surface area contributed by atoms with E-state index >= 15 is 0 Å². The van der Waals surface area contributed by atoms with E-state index in [-0.39, 0.29) is 17.2 Å². The maximum atomic E-state index is 11.9. The Bertz CT molecular complexity index is 261. The number of amides is 1. The van der Waals surface area contributed by atoms with Gasteiger partial charge in [-0.2, -0.15) is 5.26 Å². The predicted octanol–water partition coefficient (Wildman–Crippen LogP) is 2.23. The minimum Gasteiger partial charge on any atom is -0.354 e. The lowest BCUT2D eigenvalue weighted by atomic mass is 9.75. The van der Waals surface area contributed by atoms with Gasteiger partial charge >= 0.3 is 0 Å². The molecule has 1 aliphatic rings. The van der Waals surface area contributed by atoms with Gasteiger partial charge in [-0.05, 0) is 19.8 Å². The molecule has 1 aliphatic carbocycles. The summed E-state index contributed by atoms with van der Waals surface area (Å²) in [5, 5.41) is 11.5. The van der Waals surface area contributed by atoms with Crippen molar-refractivity contribution in [3.63, 3.8) is 0 Å². The normalized spacial score (nSPS) is 21.4. The highest BCUT2D eigenvalue weighted by Gasteiger charge is 2.34. The smallest absolute Gasteiger partial charge is 0.225 e. The van der Waals surface area contributed by atoms with Gasteiger partial charge in [0.15, 0.2) is 0 Å². The lowest BCUT2D eigenvalue weighted by molar-refractivity contribution is -0.131. The third-order valence-corrected chi connectivity index (χ3v) is 3.29. The van der Waals surface area contributed by atoms with Crippen LogP contribution in [0.3, 0.4) is 0 Å². The van der Waals surface area contributed by atoms with Crippen molar-refractivity contribution in [2.75, 3.05) is 6.54 Å². The molecule has 1 rings (SSSR count). The highest BCUT2D eigenvalue weighted by molar-refractivity contribution is 5.82. The van der Waals surface area contributed by atoms with Gasteiger partial charge in [0.2, 0.25) is 5.91 Å². The van der Waals surface area contributed by atoms with Crippen molar-refractivity contribution >= 4 is 5.91 Å². The molecule has 0 heterocycles. The molecule has 3 nitrogen and oxygen atoms in total. The van der Waals surface area contributed by atoms with Crippen molar-refractivity contribution in [2.24, 2.45) is 11.3 Å². The maximum absolute atomic E-state index is 11.9. The average Bonchev–Trinajstić information content (AvgIpc) is 2.26. The van der Waals surface area contributed by atoms with Crippen LogP contribution in [0.25, 0.3) is 0 Å². The minimum absolute atomic E-state index is 0.0962. The Morgan fingerprint density at radius 2 is 2.07 bits per heavy atom. The lowest BCUT2D eigenvalue weighted by Gasteiger charge is -2.32. The molecular formula is C12H20N2O.